The first-order valence-corrected chi connectivity index (χ1v) is 3.23. The molecule has 4 heteroatoms. The molecule has 1 aliphatic heterocycles. The Labute approximate surface area is 60.0 Å². The van der Waals surface area contributed by atoms with Gasteiger partial charge in [0.25, 0.3) is 0 Å². The summed E-state index contributed by atoms with van der Waals surface area (Å²) in [5.41, 5.74) is 0. The van der Waals surface area contributed by atoms with E-state index in [2.05, 4.69) is 0 Å². The minimum Gasteiger partial charge on any atom is -0.371 e. The van der Waals surface area contributed by atoms with Gasteiger partial charge in [0.15, 0.2) is 6.23 Å². The van der Waals surface area contributed by atoms with Crippen molar-refractivity contribution < 1.29 is 9.90 Å². The molecule has 4 nitrogen and oxygen atoms in total. The van der Waals surface area contributed by atoms with Gasteiger partial charge < -0.3 is 10.0 Å². The number of aliphatic hydroxyl groups is 1. The van der Waals surface area contributed by atoms with Gasteiger partial charge in [-0.05, 0) is 6.92 Å². The summed E-state index contributed by atoms with van der Waals surface area (Å²) >= 11 is 0. The summed E-state index contributed by atoms with van der Waals surface area (Å²) in [7, 11) is 3.27. The van der Waals surface area contributed by atoms with Gasteiger partial charge >= 0.3 is 6.03 Å². The second-order valence-electron chi connectivity index (χ2n) is 2.66. The lowest BCUT2D eigenvalue weighted by Gasteiger charge is -2.14. The predicted octanol–water partition coefficient (Wildman–Crippen LogP) is -0.309. The summed E-state index contributed by atoms with van der Waals surface area (Å²) < 4.78 is 0. The number of nitrogens with zero attached hydrogens (tertiary/aromatic N) is 2. The number of carbonyl (C=O) groups excluding carboxylic acids is 1. The second kappa shape index (κ2) is 2.12. The third kappa shape index (κ3) is 0.759. The summed E-state index contributed by atoms with van der Waals surface area (Å²) in [6.45, 7) is 1.81. The van der Waals surface area contributed by atoms with Crippen LogP contribution in [0.25, 0.3) is 0 Å². The van der Waals surface area contributed by atoms with Crippen LogP contribution in [0.4, 0.5) is 4.79 Å². The molecule has 58 valence electrons. The summed E-state index contributed by atoms with van der Waals surface area (Å²) in [6, 6.07) is -0.225. The van der Waals surface area contributed by atoms with Crippen LogP contribution in [0.1, 0.15) is 6.92 Å². The zero-order chi connectivity index (χ0) is 7.89. The maximum absolute atomic E-state index is 11.0. The summed E-state index contributed by atoms with van der Waals surface area (Å²) in [4.78, 5) is 13.9. The molecule has 0 saturated carbocycles. The van der Waals surface area contributed by atoms with E-state index < -0.39 is 6.23 Å². The Morgan fingerprint density at radius 1 is 1.40 bits per heavy atom. The molecule has 0 bridgehead atoms. The first kappa shape index (κ1) is 7.34. The highest BCUT2D eigenvalue weighted by Gasteiger charge is 2.37. The zero-order valence-corrected chi connectivity index (χ0v) is 6.40. The van der Waals surface area contributed by atoms with Crippen LogP contribution < -0.4 is 0 Å². The Balaban J connectivity index is 2.78. The second-order valence-corrected chi connectivity index (χ2v) is 2.66. The molecular formula is C6H12N2O2. The van der Waals surface area contributed by atoms with E-state index in [1.54, 1.807) is 14.1 Å². The number of amides is 2. The molecule has 1 N–H and O–H groups in total. The van der Waals surface area contributed by atoms with E-state index in [0.717, 1.165) is 0 Å². The van der Waals surface area contributed by atoms with Crippen molar-refractivity contribution in [1.82, 2.24) is 9.80 Å². The summed E-state index contributed by atoms with van der Waals surface area (Å²) in [5, 5.41) is 9.27. The number of rotatable bonds is 0. The SMILES string of the molecule is C[C@H]1[C@@H](O)N(C)C(=O)N1C. The predicted molar refractivity (Wildman–Crippen MR) is 36.4 cm³/mol. The molecule has 0 unspecified atom stereocenters. The van der Waals surface area contributed by atoms with Gasteiger partial charge in [0.1, 0.15) is 0 Å². The third-order valence-corrected chi connectivity index (χ3v) is 2.04. The average molecular weight is 144 g/mol. The van der Waals surface area contributed by atoms with Gasteiger partial charge in [-0.1, -0.05) is 0 Å². The molecule has 0 spiro atoms. The Morgan fingerprint density at radius 3 is 2.00 bits per heavy atom. The van der Waals surface area contributed by atoms with Crippen molar-refractivity contribution >= 4 is 6.03 Å². The number of hydrogen-bond donors (Lipinski definition) is 1. The molecule has 0 aliphatic carbocycles. The minimum atomic E-state index is -0.655. The maximum atomic E-state index is 11.0. The highest BCUT2D eigenvalue weighted by atomic mass is 16.3. The van der Waals surface area contributed by atoms with E-state index in [1.807, 2.05) is 6.92 Å². The van der Waals surface area contributed by atoms with E-state index in [0.29, 0.717) is 0 Å². The number of urea groups is 1. The van der Waals surface area contributed by atoms with Gasteiger partial charge in [0.05, 0.1) is 6.04 Å². The maximum Gasteiger partial charge on any atom is 0.321 e. The van der Waals surface area contributed by atoms with Crippen molar-refractivity contribution in [1.29, 1.82) is 0 Å². The fourth-order valence-electron chi connectivity index (χ4n) is 1.06. The first-order valence-electron chi connectivity index (χ1n) is 3.23. The lowest BCUT2D eigenvalue weighted by atomic mass is 10.3. The van der Waals surface area contributed by atoms with Crippen LogP contribution in [0.2, 0.25) is 0 Å². The first-order chi connectivity index (χ1) is 4.55. The van der Waals surface area contributed by atoms with Crippen molar-refractivity contribution in [3.05, 3.63) is 0 Å². The number of aliphatic hydroxyl groups excluding tert-OH is 1. The molecule has 0 radical (unpaired) electrons. The molecule has 1 heterocycles. The van der Waals surface area contributed by atoms with Gasteiger partial charge in [0.2, 0.25) is 0 Å². The minimum absolute atomic E-state index is 0.0995. The average Bonchev–Trinajstić information content (AvgIpc) is 2.07. The van der Waals surface area contributed by atoms with Gasteiger partial charge in [-0.25, -0.2) is 4.79 Å². The van der Waals surface area contributed by atoms with E-state index in [-0.39, 0.29) is 12.1 Å². The summed E-state index contributed by atoms with van der Waals surface area (Å²) in [5.74, 6) is 0. The Bertz CT molecular complexity index is 144. The molecule has 1 aliphatic rings. The van der Waals surface area contributed by atoms with Crippen molar-refractivity contribution in [3.8, 4) is 0 Å². The number of carbonyl (C=O) groups is 1. The molecule has 1 rings (SSSR count). The van der Waals surface area contributed by atoms with Crippen LogP contribution in [-0.2, 0) is 0 Å². The summed E-state index contributed by atoms with van der Waals surface area (Å²) in [6.07, 6.45) is -0.655. The van der Waals surface area contributed by atoms with E-state index >= 15 is 0 Å². The Morgan fingerprint density at radius 2 is 1.90 bits per heavy atom. The molecule has 10 heavy (non-hydrogen) atoms. The van der Waals surface area contributed by atoms with Crippen LogP contribution >= 0.6 is 0 Å². The van der Waals surface area contributed by atoms with Crippen molar-refractivity contribution in [2.24, 2.45) is 0 Å². The molecule has 1 fully saturated rings. The van der Waals surface area contributed by atoms with Gasteiger partial charge in [0, 0.05) is 14.1 Å². The molecular weight excluding hydrogens is 132 g/mol. The van der Waals surface area contributed by atoms with Crippen molar-refractivity contribution in [2.45, 2.75) is 19.2 Å². The third-order valence-electron chi connectivity index (χ3n) is 2.04. The van der Waals surface area contributed by atoms with E-state index in [9.17, 15) is 9.90 Å². The van der Waals surface area contributed by atoms with Crippen LogP contribution in [0.3, 0.4) is 0 Å². The molecule has 0 aromatic carbocycles. The molecule has 0 aromatic heterocycles. The van der Waals surface area contributed by atoms with Gasteiger partial charge in [-0.2, -0.15) is 0 Å². The number of likely N-dealkylation sites (N-methyl/N-ethyl adjacent to an activating group) is 2. The van der Waals surface area contributed by atoms with E-state index in [1.165, 1.54) is 9.80 Å². The number of hydrogen-bond acceptors (Lipinski definition) is 2. The fraction of sp³-hybridized carbons (Fsp3) is 0.833. The van der Waals surface area contributed by atoms with Crippen LogP contribution in [0.15, 0.2) is 0 Å². The standard InChI is InChI=1S/C6H12N2O2/c1-4-5(9)8(3)6(10)7(4)2/h4-5,9H,1-3H3/t4-,5+/m0/s1. The normalized spacial score (nSPS) is 33.8. The zero-order valence-electron chi connectivity index (χ0n) is 6.40. The van der Waals surface area contributed by atoms with Crippen molar-refractivity contribution in [3.63, 3.8) is 0 Å². The van der Waals surface area contributed by atoms with Crippen LogP contribution in [-0.4, -0.2) is 47.3 Å². The molecule has 0 aromatic rings. The van der Waals surface area contributed by atoms with E-state index in [4.69, 9.17) is 0 Å². The van der Waals surface area contributed by atoms with Crippen LogP contribution in [0.5, 0.6) is 0 Å². The van der Waals surface area contributed by atoms with Crippen molar-refractivity contribution in [2.75, 3.05) is 14.1 Å². The fourth-order valence-corrected chi connectivity index (χ4v) is 1.06. The largest absolute Gasteiger partial charge is 0.371 e. The highest BCUT2D eigenvalue weighted by molar-refractivity contribution is 5.76. The smallest absolute Gasteiger partial charge is 0.321 e. The quantitative estimate of drug-likeness (QED) is 0.507. The Hall–Kier alpha value is -0.770. The highest BCUT2D eigenvalue weighted by Crippen LogP contribution is 2.16. The molecule has 2 atom stereocenters. The Kier molecular flexibility index (Phi) is 1.56. The topological polar surface area (TPSA) is 43.8 Å². The van der Waals surface area contributed by atoms with Crippen LogP contribution in [0, 0.1) is 0 Å². The lowest BCUT2D eigenvalue weighted by molar-refractivity contribution is 0.0533. The van der Waals surface area contributed by atoms with Gasteiger partial charge in [-0.3, -0.25) is 4.90 Å². The molecule has 1 saturated heterocycles. The monoisotopic (exact) mass is 144 g/mol. The molecule has 2 amide bonds. The van der Waals surface area contributed by atoms with Gasteiger partial charge in [-0.15, -0.1) is 0 Å². The lowest BCUT2D eigenvalue weighted by Crippen LogP contribution is -2.31.